The first kappa shape index (κ1) is 11.6. The van der Waals surface area contributed by atoms with Gasteiger partial charge >= 0.3 is 5.97 Å². The predicted molar refractivity (Wildman–Crippen MR) is 65.2 cm³/mol. The Morgan fingerprint density at radius 3 is 2.88 bits per heavy atom. The number of aromatic nitrogens is 2. The van der Waals surface area contributed by atoms with Crippen LogP contribution in [0, 0.1) is 0 Å². The Morgan fingerprint density at radius 1 is 1.47 bits per heavy atom. The molecule has 4 heteroatoms. The Labute approximate surface area is 99.9 Å². The SMILES string of the molecule is CC(C)c1nc(CCC(=O)O)c2ccccn12. The highest BCUT2D eigenvalue weighted by atomic mass is 16.4. The monoisotopic (exact) mass is 232 g/mol. The van der Waals surface area contributed by atoms with Crippen molar-refractivity contribution in [1.82, 2.24) is 9.38 Å². The molecule has 4 nitrogen and oxygen atoms in total. The van der Waals surface area contributed by atoms with E-state index in [2.05, 4.69) is 18.8 Å². The van der Waals surface area contributed by atoms with Crippen LogP contribution < -0.4 is 0 Å². The van der Waals surface area contributed by atoms with Gasteiger partial charge in [-0.05, 0) is 12.1 Å². The van der Waals surface area contributed by atoms with Gasteiger partial charge < -0.3 is 9.51 Å². The van der Waals surface area contributed by atoms with Crippen LogP contribution in [0.3, 0.4) is 0 Å². The molecule has 0 saturated carbocycles. The van der Waals surface area contributed by atoms with Gasteiger partial charge in [0.25, 0.3) is 0 Å². The fourth-order valence-corrected chi connectivity index (χ4v) is 1.94. The summed E-state index contributed by atoms with van der Waals surface area (Å²) in [5, 5.41) is 8.73. The molecule has 0 aromatic carbocycles. The molecule has 2 aromatic rings. The van der Waals surface area contributed by atoms with Gasteiger partial charge in [0.1, 0.15) is 5.82 Å². The number of hydrogen-bond acceptors (Lipinski definition) is 2. The number of hydrogen-bond donors (Lipinski definition) is 1. The van der Waals surface area contributed by atoms with Crippen LogP contribution in [-0.4, -0.2) is 20.5 Å². The van der Waals surface area contributed by atoms with Gasteiger partial charge in [-0.15, -0.1) is 0 Å². The highest BCUT2D eigenvalue weighted by molar-refractivity contribution is 5.67. The summed E-state index contributed by atoms with van der Waals surface area (Å²) in [6, 6.07) is 5.89. The van der Waals surface area contributed by atoms with Crippen molar-refractivity contribution in [2.45, 2.75) is 32.6 Å². The van der Waals surface area contributed by atoms with Crippen LogP contribution in [0.1, 0.15) is 37.7 Å². The van der Waals surface area contributed by atoms with Crippen molar-refractivity contribution in [2.75, 3.05) is 0 Å². The molecule has 0 saturated heterocycles. The molecule has 17 heavy (non-hydrogen) atoms. The van der Waals surface area contributed by atoms with E-state index in [1.807, 2.05) is 28.8 Å². The molecule has 2 heterocycles. The second-order valence-electron chi connectivity index (χ2n) is 4.42. The molecule has 1 N–H and O–H groups in total. The minimum Gasteiger partial charge on any atom is -0.481 e. The molecule has 0 spiro atoms. The summed E-state index contributed by atoms with van der Waals surface area (Å²) in [6.45, 7) is 4.17. The number of fused-ring (bicyclic) bond motifs is 1. The van der Waals surface area contributed by atoms with Gasteiger partial charge in [0.2, 0.25) is 0 Å². The zero-order valence-electron chi connectivity index (χ0n) is 10.1. The molecule has 90 valence electrons. The standard InChI is InChI=1S/C13H16N2O2/c1-9(2)13-14-10(6-7-12(16)17)11-5-3-4-8-15(11)13/h3-5,8-9H,6-7H2,1-2H3,(H,16,17). The summed E-state index contributed by atoms with van der Waals surface area (Å²) in [6.07, 6.45) is 2.58. The lowest BCUT2D eigenvalue weighted by Crippen LogP contribution is -1.98. The smallest absolute Gasteiger partial charge is 0.303 e. The van der Waals surface area contributed by atoms with E-state index in [9.17, 15) is 4.79 Å². The Morgan fingerprint density at radius 2 is 2.24 bits per heavy atom. The van der Waals surface area contributed by atoms with Gasteiger partial charge in [-0.1, -0.05) is 19.9 Å². The highest BCUT2D eigenvalue weighted by Crippen LogP contribution is 2.20. The zero-order valence-corrected chi connectivity index (χ0v) is 10.1. The lowest BCUT2D eigenvalue weighted by molar-refractivity contribution is -0.136. The lowest BCUT2D eigenvalue weighted by Gasteiger charge is -2.02. The number of imidazole rings is 1. The number of carbonyl (C=O) groups is 1. The van der Waals surface area contributed by atoms with E-state index in [4.69, 9.17) is 5.11 Å². The van der Waals surface area contributed by atoms with Gasteiger partial charge in [-0.2, -0.15) is 0 Å². The van der Waals surface area contributed by atoms with Crippen molar-refractivity contribution < 1.29 is 9.90 Å². The Balaban J connectivity index is 2.45. The van der Waals surface area contributed by atoms with Crippen LogP contribution in [0.2, 0.25) is 0 Å². The molecule has 0 bridgehead atoms. The van der Waals surface area contributed by atoms with E-state index in [0.717, 1.165) is 17.0 Å². The number of nitrogens with zero attached hydrogens (tertiary/aromatic N) is 2. The van der Waals surface area contributed by atoms with Crippen molar-refractivity contribution in [3.05, 3.63) is 35.9 Å². The predicted octanol–water partition coefficient (Wildman–Crippen LogP) is 2.47. The van der Waals surface area contributed by atoms with Crippen LogP contribution in [0.5, 0.6) is 0 Å². The van der Waals surface area contributed by atoms with Gasteiger partial charge in [0, 0.05) is 18.5 Å². The van der Waals surface area contributed by atoms with Gasteiger partial charge in [0.15, 0.2) is 0 Å². The number of aliphatic carboxylic acids is 1. The quantitative estimate of drug-likeness (QED) is 0.881. The first-order valence-corrected chi connectivity index (χ1v) is 5.77. The summed E-state index contributed by atoms with van der Waals surface area (Å²) in [4.78, 5) is 15.2. The summed E-state index contributed by atoms with van der Waals surface area (Å²) in [7, 11) is 0. The maximum atomic E-state index is 10.6. The molecular formula is C13H16N2O2. The number of carboxylic acid groups (broad SMARTS) is 1. The molecule has 0 aliphatic carbocycles. The number of pyridine rings is 1. The van der Waals surface area contributed by atoms with Crippen LogP contribution in [0.4, 0.5) is 0 Å². The van der Waals surface area contributed by atoms with E-state index in [0.29, 0.717) is 12.3 Å². The number of aryl methyl sites for hydroxylation is 1. The highest BCUT2D eigenvalue weighted by Gasteiger charge is 2.13. The van der Waals surface area contributed by atoms with Crippen LogP contribution in [0.15, 0.2) is 24.4 Å². The summed E-state index contributed by atoms with van der Waals surface area (Å²) >= 11 is 0. The minimum absolute atomic E-state index is 0.124. The van der Waals surface area contributed by atoms with Crippen LogP contribution in [0.25, 0.3) is 5.52 Å². The van der Waals surface area contributed by atoms with Crippen LogP contribution >= 0.6 is 0 Å². The van der Waals surface area contributed by atoms with E-state index < -0.39 is 5.97 Å². The van der Waals surface area contributed by atoms with Gasteiger partial charge in [-0.25, -0.2) is 4.98 Å². The molecule has 0 aliphatic rings. The van der Waals surface area contributed by atoms with Crippen molar-refractivity contribution in [3.63, 3.8) is 0 Å². The second-order valence-corrected chi connectivity index (χ2v) is 4.42. The molecule has 0 fully saturated rings. The zero-order chi connectivity index (χ0) is 12.4. The lowest BCUT2D eigenvalue weighted by atomic mass is 10.2. The molecular weight excluding hydrogens is 216 g/mol. The van der Waals surface area contributed by atoms with E-state index in [-0.39, 0.29) is 6.42 Å². The van der Waals surface area contributed by atoms with E-state index in [1.165, 1.54) is 0 Å². The maximum Gasteiger partial charge on any atom is 0.303 e. The first-order chi connectivity index (χ1) is 8.09. The fraction of sp³-hybridized carbons (Fsp3) is 0.385. The first-order valence-electron chi connectivity index (χ1n) is 5.77. The van der Waals surface area contributed by atoms with Crippen molar-refractivity contribution in [3.8, 4) is 0 Å². The molecule has 0 unspecified atom stereocenters. The largest absolute Gasteiger partial charge is 0.481 e. The van der Waals surface area contributed by atoms with Crippen molar-refractivity contribution in [2.24, 2.45) is 0 Å². The van der Waals surface area contributed by atoms with Crippen LogP contribution in [-0.2, 0) is 11.2 Å². The normalized spacial score (nSPS) is 11.2. The van der Waals surface area contributed by atoms with E-state index >= 15 is 0 Å². The summed E-state index contributed by atoms with van der Waals surface area (Å²) in [5.41, 5.74) is 1.88. The van der Waals surface area contributed by atoms with Gasteiger partial charge in [0.05, 0.1) is 17.6 Å². The Hall–Kier alpha value is -1.84. The maximum absolute atomic E-state index is 10.6. The molecule has 0 amide bonds. The second kappa shape index (κ2) is 4.57. The third-order valence-electron chi connectivity index (χ3n) is 2.74. The minimum atomic E-state index is -0.784. The fourth-order valence-electron chi connectivity index (χ4n) is 1.94. The summed E-state index contributed by atoms with van der Waals surface area (Å²) < 4.78 is 2.04. The third-order valence-corrected chi connectivity index (χ3v) is 2.74. The van der Waals surface area contributed by atoms with Gasteiger partial charge in [-0.3, -0.25) is 4.79 Å². The molecule has 0 atom stereocenters. The van der Waals surface area contributed by atoms with Crippen molar-refractivity contribution in [1.29, 1.82) is 0 Å². The third kappa shape index (κ3) is 2.30. The average molecular weight is 232 g/mol. The molecule has 2 rings (SSSR count). The average Bonchev–Trinajstić information content (AvgIpc) is 2.65. The molecule has 0 aliphatic heterocycles. The molecule has 2 aromatic heterocycles. The van der Waals surface area contributed by atoms with Crippen molar-refractivity contribution >= 4 is 11.5 Å². The number of rotatable bonds is 4. The van der Waals surface area contributed by atoms with E-state index in [1.54, 1.807) is 0 Å². The Bertz CT molecular complexity index is 543. The number of carboxylic acids is 1. The molecule has 0 radical (unpaired) electrons. The summed E-state index contributed by atoms with van der Waals surface area (Å²) in [5.74, 6) is 0.526. The Kier molecular flexibility index (Phi) is 3.13. The topological polar surface area (TPSA) is 54.6 Å².